The zero-order valence-corrected chi connectivity index (χ0v) is 16.9. The number of piperidine rings is 1. The van der Waals surface area contributed by atoms with E-state index in [1.165, 1.54) is 12.8 Å². The van der Waals surface area contributed by atoms with Crippen LogP contribution in [0.1, 0.15) is 50.6 Å². The highest BCUT2D eigenvalue weighted by molar-refractivity contribution is 5.85. The number of hydrogen-bond acceptors (Lipinski definition) is 4. The predicted octanol–water partition coefficient (Wildman–Crippen LogP) is 3.57. The summed E-state index contributed by atoms with van der Waals surface area (Å²) >= 11 is 0. The Kier molecular flexibility index (Phi) is 6.88. The molecule has 2 unspecified atom stereocenters. The number of hydrogen-bond donors (Lipinski definition) is 1. The average Bonchev–Trinajstić information content (AvgIpc) is 3.18. The first kappa shape index (κ1) is 20.3. The Bertz CT molecular complexity index is 648. The first-order chi connectivity index (χ1) is 12.7. The van der Waals surface area contributed by atoms with Crippen LogP contribution in [0, 0.1) is 11.8 Å². The number of benzene rings is 1. The fourth-order valence-electron chi connectivity index (χ4n) is 4.72. The lowest BCUT2D eigenvalue weighted by Crippen LogP contribution is -2.35. The molecule has 27 heavy (non-hydrogen) atoms. The van der Waals surface area contributed by atoms with Crippen molar-refractivity contribution >= 4 is 18.3 Å². The van der Waals surface area contributed by atoms with Crippen molar-refractivity contribution in [2.45, 2.75) is 45.1 Å². The summed E-state index contributed by atoms with van der Waals surface area (Å²) in [4.78, 5) is 15.2. The molecule has 0 bridgehead atoms. The molecule has 2 atom stereocenters. The van der Waals surface area contributed by atoms with Gasteiger partial charge in [0.2, 0.25) is 5.91 Å². The van der Waals surface area contributed by atoms with Crippen LogP contribution in [0.3, 0.4) is 0 Å². The van der Waals surface area contributed by atoms with E-state index in [1.54, 1.807) is 0 Å². The molecule has 5 nitrogen and oxygen atoms in total. The molecule has 1 N–H and O–H groups in total. The number of nitrogens with one attached hydrogen (secondary N) is 1. The molecule has 3 aliphatic rings. The lowest BCUT2D eigenvalue weighted by molar-refractivity contribution is -0.133. The molecule has 2 fully saturated rings. The van der Waals surface area contributed by atoms with Crippen molar-refractivity contribution in [1.82, 2.24) is 10.2 Å². The van der Waals surface area contributed by atoms with E-state index in [0.29, 0.717) is 37.4 Å². The average molecular weight is 395 g/mol. The second-order valence-electron chi connectivity index (χ2n) is 7.89. The zero-order valence-electron chi connectivity index (χ0n) is 16.1. The number of ether oxygens (including phenoxy) is 2. The van der Waals surface area contributed by atoms with E-state index >= 15 is 0 Å². The van der Waals surface area contributed by atoms with E-state index in [2.05, 4.69) is 23.2 Å². The van der Waals surface area contributed by atoms with Gasteiger partial charge >= 0.3 is 0 Å². The van der Waals surface area contributed by atoms with Crippen LogP contribution >= 0.6 is 12.4 Å². The molecular formula is C21H31ClN2O3. The minimum atomic E-state index is 0. The largest absolute Gasteiger partial charge is 0.486 e. The molecule has 0 saturated carbocycles. The number of nitrogens with zero attached hydrogens (tertiary/aromatic N) is 1. The highest BCUT2D eigenvalue weighted by Crippen LogP contribution is 2.43. The van der Waals surface area contributed by atoms with Gasteiger partial charge in [-0.2, -0.15) is 0 Å². The van der Waals surface area contributed by atoms with Crippen molar-refractivity contribution in [3.05, 3.63) is 23.8 Å². The van der Waals surface area contributed by atoms with Crippen molar-refractivity contribution in [2.24, 2.45) is 11.8 Å². The van der Waals surface area contributed by atoms with Gasteiger partial charge in [-0.05, 0) is 56.7 Å². The molecule has 150 valence electrons. The van der Waals surface area contributed by atoms with Gasteiger partial charge in [-0.3, -0.25) is 4.79 Å². The third-order valence-corrected chi connectivity index (χ3v) is 6.21. The summed E-state index contributed by atoms with van der Waals surface area (Å²) in [7, 11) is 0. The fourth-order valence-corrected chi connectivity index (χ4v) is 4.72. The van der Waals surface area contributed by atoms with E-state index < -0.39 is 0 Å². The lowest BCUT2D eigenvalue weighted by atomic mass is 9.84. The zero-order chi connectivity index (χ0) is 17.9. The number of likely N-dealkylation sites (tertiary alicyclic amines) is 1. The summed E-state index contributed by atoms with van der Waals surface area (Å²) in [6.45, 7) is 6.45. The van der Waals surface area contributed by atoms with Gasteiger partial charge in [0.15, 0.2) is 11.5 Å². The molecule has 0 radical (unpaired) electrons. The van der Waals surface area contributed by atoms with E-state index in [-0.39, 0.29) is 18.4 Å². The monoisotopic (exact) mass is 394 g/mol. The molecule has 0 aliphatic carbocycles. The number of carbonyl (C=O) groups is 1. The van der Waals surface area contributed by atoms with E-state index in [9.17, 15) is 4.79 Å². The van der Waals surface area contributed by atoms with Gasteiger partial charge in [-0.25, -0.2) is 0 Å². The van der Waals surface area contributed by atoms with Crippen LogP contribution in [-0.4, -0.2) is 43.7 Å². The standard InChI is InChI=1S/C21H30N2O3.ClH/c1-15(16-7-9-22-10-8-16)14-20(24)23-11-3-5-18(23)17-4-2-6-19-21(17)26-13-12-25-19;/h2,4,6,15-16,18,22H,3,5,7-14H2,1H3;1H. The molecule has 4 rings (SSSR count). The third-order valence-electron chi connectivity index (χ3n) is 6.21. The summed E-state index contributed by atoms with van der Waals surface area (Å²) in [5.41, 5.74) is 1.11. The number of para-hydroxylation sites is 1. The van der Waals surface area contributed by atoms with Crippen molar-refractivity contribution in [3.8, 4) is 11.5 Å². The third kappa shape index (κ3) is 4.35. The smallest absolute Gasteiger partial charge is 0.223 e. The molecular weight excluding hydrogens is 364 g/mol. The number of carbonyl (C=O) groups excluding carboxylic acids is 1. The Morgan fingerprint density at radius 2 is 2.00 bits per heavy atom. The van der Waals surface area contributed by atoms with Gasteiger partial charge < -0.3 is 19.7 Å². The topological polar surface area (TPSA) is 50.8 Å². The molecule has 1 aromatic rings. The summed E-state index contributed by atoms with van der Waals surface area (Å²) in [5.74, 6) is 3.08. The molecule has 1 aromatic carbocycles. The van der Waals surface area contributed by atoms with Crippen molar-refractivity contribution in [3.63, 3.8) is 0 Å². The Morgan fingerprint density at radius 3 is 2.81 bits per heavy atom. The molecule has 3 aliphatic heterocycles. The SMILES string of the molecule is CC(CC(=O)N1CCCC1c1cccc2c1OCCO2)C1CCNCC1.Cl. The van der Waals surface area contributed by atoms with Crippen LogP contribution in [0.25, 0.3) is 0 Å². The van der Waals surface area contributed by atoms with Crippen LogP contribution in [0.2, 0.25) is 0 Å². The summed E-state index contributed by atoms with van der Waals surface area (Å²) in [6, 6.07) is 6.19. The Labute approximate surface area is 168 Å². The predicted molar refractivity (Wildman–Crippen MR) is 108 cm³/mol. The normalized spacial score (nSPS) is 23.6. The van der Waals surface area contributed by atoms with E-state index in [4.69, 9.17) is 9.47 Å². The minimum Gasteiger partial charge on any atom is -0.486 e. The summed E-state index contributed by atoms with van der Waals surface area (Å²) in [5, 5.41) is 3.41. The summed E-state index contributed by atoms with van der Waals surface area (Å²) < 4.78 is 11.6. The van der Waals surface area contributed by atoms with Gasteiger partial charge in [0.1, 0.15) is 13.2 Å². The lowest BCUT2D eigenvalue weighted by Gasteiger charge is -2.32. The van der Waals surface area contributed by atoms with Crippen LogP contribution in [0.15, 0.2) is 18.2 Å². The molecule has 2 saturated heterocycles. The Morgan fingerprint density at radius 1 is 1.22 bits per heavy atom. The Hall–Kier alpha value is -1.46. The first-order valence-corrected chi connectivity index (χ1v) is 10.1. The van der Waals surface area contributed by atoms with Crippen LogP contribution < -0.4 is 14.8 Å². The highest BCUT2D eigenvalue weighted by Gasteiger charge is 2.34. The van der Waals surface area contributed by atoms with Gasteiger partial charge in [-0.1, -0.05) is 19.1 Å². The van der Waals surface area contributed by atoms with Gasteiger partial charge in [0.25, 0.3) is 0 Å². The van der Waals surface area contributed by atoms with E-state index in [1.807, 2.05) is 12.1 Å². The molecule has 0 aromatic heterocycles. The number of rotatable bonds is 4. The van der Waals surface area contributed by atoms with Crippen molar-refractivity contribution < 1.29 is 14.3 Å². The molecule has 6 heteroatoms. The molecule has 1 amide bonds. The van der Waals surface area contributed by atoms with Crippen LogP contribution in [0.5, 0.6) is 11.5 Å². The van der Waals surface area contributed by atoms with Crippen LogP contribution in [-0.2, 0) is 4.79 Å². The first-order valence-electron chi connectivity index (χ1n) is 10.1. The van der Waals surface area contributed by atoms with Gasteiger partial charge in [0.05, 0.1) is 6.04 Å². The maximum absolute atomic E-state index is 13.1. The van der Waals surface area contributed by atoms with Gasteiger partial charge in [0, 0.05) is 18.5 Å². The van der Waals surface area contributed by atoms with E-state index in [0.717, 1.165) is 49.5 Å². The second kappa shape index (κ2) is 9.16. The van der Waals surface area contributed by atoms with Crippen LogP contribution in [0.4, 0.5) is 0 Å². The molecule has 0 spiro atoms. The summed E-state index contributed by atoms with van der Waals surface area (Å²) in [6.07, 6.45) is 5.11. The second-order valence-corrected chi connectivity index (χ2v) is 7.89. The Balaban J connectivity index is 0.00000210. The quantitative estimate of drug-likeness (QED) is 0.848. The number of amides is 1. The maximum atomic E-state index is 13.1. The van der Waals surface area contributed by atoms with Crippen molar-refractivity contribution in [2.75, 3.05) is 32.8 Å². The number of fused-ring (bicyclic) bond motifs is 1. The highest BCUT2D eigenvalue weighted by atomic mass is 35.5. The van der Waals surface area contributed by atoms with Crippen molar-refractivity contribution in [1.29, 1.82) is 0 Å². The fraction of sp³-hybridized carbons (Fsp3) is 0.667. The maximum Gasteiger partial charge on any atom is 0.223 e. The van der Waals surface area contributed by atoms with Gasteiger partial charge in [-0.15, -0.1) is 12.4 Å². The molecule has 3 heterocycles. The number of halogens is 1. The minimum absolute atomic E-state index is 0.